The molecule has 7 heteroatoms. The van der Waals surface area contributed by atoms with E-state index in [1.807, 2.05) is 66.3 Å². The molecule has 3 atom stereocenters. The van der Waals surface area contributed by atoms with Crippen molar-refractivity contribution in [3.63, 3.8) is 0 Å². The molecule has 3 heterocycles. The summed E-state index contributed by atoms with van der Waals surface area (Å²) in [4.78, 5) is 21.3. The van der Waals surface area contributed by atoms with Crippen LogP contribution in [0.15, 0.2) is 78.8 Å². The highest BCUT2D eigenvalue weighted by molar-refractivity contribution is 6.02. The first kappa shape index (κ1) is 23.9. The summed E-state index contributed by atoms with van der Waals surface area (Å²) in [6.07, 6.45) is 8.67. The first-order valence-corrected chi connectivity index (χ1v) is 12.8. The lowest BCUT2D eigenvalue weighted by Gasteiger charge is -2.45. The number of alkyl halides is 1. The number of carbonyl (C=O) groups excluding carboxylic acids is 1. The molecule has 0 unspecified atom stereocenters. The van der Waals surface area contributed by atoms with Crippen LogP contribution in [0.5, 0.6) is 0 Å². The van der Waals surface area contributed by atoms with Gasteiger partial charge >= 0.3 is 0 Å². The highest BCUT2D eigenvalue weighted by Crippen LogP contribution is 2.52. The minimum absolute atomic E-state index is 0.0620. The fourth-order valence-electron chi connectivity index (χ4n) is 6.29. The summed E-state index contributed by atoms with van der Waals surface area (Å²) in [5.41, 5.74) is 6.73. The number of fused-ring (bicyclic) bond motifs is 3. The Morgan fingerprint density at radius 2 is 1.95 bits per heavy atom. The number of rotatable bonds is 4. The third kappa shape index (κ3) is 3.67. The molecule has 4 aromatic rings. The minimum atomic E-state index is -0.610. The molecule has 0 saturated carbocycles. The first-order valence-electron chi connectivity index (χ1n) is 12.8. The summed E-state index contributed by atoms with van der Waals surface area (Å²) >= 11 is 0. The van der Waals surface area contributed by atoms with Crippen molar-refractivity contribution < 1.29 is 9.18 Å². The number of hydrogen-bond donors (Lipinski definition) is 0. The quantitative estimate of drug-likeness (QED) is 0.343. The Balaban J connectivity index is 1.54. The van der Waals surface area contributed by atoms with E-state index in [1.165, 1.54) is 0 Å². The maximum absolute atomic E-state index is 13.2. The number of ketones is 1. The minimum Gasteiger partial charge on any atom is -0.293 e. The number of benzene rings is 1. The molecule has 38 heavy (non-hydrogen) atoms. The van der Waals surface area contributed by atoms with Crippen LogP contribution >= 0.6 is 0 Å². The van der Waals surface area contributed by atoms with Crippen molar-refractivity contribution in [2.75, 3.05) is 0 Å². The standard InChI is InChI=1S/C31H26FN5O/c1-19-27-10-9-26-28(22-4-3-12-34-18-22)36-37(30(26)31(27,2)15-23(17-33)29(19)38)25-7-5-20(6-8-25)21-11-13-35-24(14-21)16-32/h3-8,11-15,18-19,27H,9-10,16H2,1-2H3/t19-,27-,31-/m1/s1. The number of hydrogen-bond acceptors (Lipinski definition) is 5. The van der Waals surface area contributed by atoms with Crippen molar-refractivity contribution >= 4 is 5.78 Å². The van der Waals surface area contributed by atoms with Crippen molar-refractivity contribution in [2.45, 2.75) is 38.8 Å². The van der Waals surface area contributed by atoms with Crippen molar-refractivity contribution in [3.8, 4) is 34.1 Å². The van der Waals surface area contributed by atoms with E-state index in [4.69, 9.17) is 5.10 Å². The number of nitrogens with zero attached hydrogens (tertiary/aromatic N) is 5. The van der Waals surface area contributed by atoms with Gasteiger partial charge in [0.05, 0.1) is 28.3 Å². The summed E-state index contributed by atoms with van der Waals surface area (Å²) in [7, 11) is 0. The van der Waals surface area contributed by atoms with Crippen LogP contribution in [-0.4, -0.2) is 25.5 Å². The second-order valence-corrected chi connectivity index (χ2v) is 10.3. The lowest BCUT2D eigenvalue weighted by Crippen LogP contribution is -2.46. The van der Waals surface area contributed by atoms with Crippen LogP contribution in [0.4, 0.5) is 4.39 Å². The van der Waals surface area contributed by atoms with E-state index in [1.54, 1.807) is 18.5 Å². The first-order chi connectivity index (χ1) is 18.4. The molecule has 0 amide bonds. The fourth-order valence-corrected chi connectivity index (χ4v) is 6.29. The van der Waals surface area contributed by atoms with E-state index in [2.05, 4.69) is 23.0 Å². The smallest absolute Gasteiger partial charge is 0.176 e. The Morgan fingerprint density at radius 1 is 1.13 bits per heavy atom. The number of carbonyl (C=O) groups is 1. The van der Waals surface area contributed by atoms with Gasteiger partial charge in [0, 0.05) is 41.1 Å². The van der Waals surface area contributed by atoms with E-state index >= 15 is 0 Å². The topological polar surface area (TPSA) is 84.5 Å². The van der Waals surface area contributed by atoms with Crippen LogP contribution in [-0.2, 0) is 23.3 Å². The largest absolute Gasteiger partial charge is 0.293 e. The predicted octanol–water partition coefficient (Wildman–Crippen LogP) is 5.95. The molecule has 6 nitrogen and oxygen atoms in total. The summed E-state index contributed by atoms with van der Waals surface area (Å²) in [6, 6.07) is 17.7. The molecule has 0 saturated heterocycles. The summed E-state index contributed by atoms with van der Waals surface area (Å²) in [5.74, 6) is -0.268. The molecule has 0 aliphatic heterocycles. The Labute approximate surface area is 220 Å². The van der Waals surface area contributed by atoms with Gasteiger partial charge < -0.3 is 0 Å². The van der Waals surface area contributed by atoms with E-state index in [0.717, 1.165) is 52.2 Å². The number of halogens is 1. The molecule has 1 aromatic carbocycles. The number of pyridine rings is 2. The van der Waals surface area contributed by atoms with Crippen molar-refractivity contribution in [1.82, 2.24) is 19.7 Å². The molecule has 6 rings (SSSR count). The Morgan fingerprint density at radius 3 is 2.66 bits per heavy atom. The average molecular weight is 504 g/mol. The van der Waals surface area contributed by atoms with E-state index < -0.39 is 12.1 Å². The normalized spacial score (nSPS) is 22.3. The summed E-state index contributed by atoms with van der Waals surface area (Å²) in [6.45, 7) is 3.46. The van der Waals surface area contributed by atoms with E-state index in [9.17, 15) is 14.4 Å². The van der Waals surface area contributed by atoms with Gasteiger partial charge in [-0.2, -0.15) is 10.4 Å². The van der Waals surface area contributed by atoms with Crippen LogP contribution < -0.4 is 0 Å². The van der Waals surface area contributed by atoms with Gasteiger partial charge in [-0.25, -0.2) is 9.07 Å². The van der Waals surface area contributed by atoms with Crippen LogP contribution in [0.2, 0.25) is 0 Å². The van der Waals surface area contributed by atoms with Gasteiger partial charge in [0.2, 0.25) is 0 Å². The molecule has 2 aliphatic rings. The Bertz CT molecular complexity index is 1620. The van der Waals surface area contributed by atoms with E-state index in [-0.39, 0.29) is 23.2 Å². The van der Waals surface area contributed by atoms with E-state index in [0.29, 0.717) is 5.69 Å². The van der Waals surface area contributed by atoms with Crippen LogP contribution in [0.1, 0.15) is 37.2 Å². The lowest BCUT2D eigenvalue weighted by atomic mass is 9.57. The molecular formula is C31H26FN5O. The molecule has 0 radical (unpaired) electrons. The zero-order valence-corrected chi connectivity index (χ0v) is 21.2. The molecule has 0 bridgehead atoms. The second kappa shape index (κ2) is 9.14. The van der Waals surface area contributed by atoms with Crippen molar-refractivity contribution in [3.05, 3.63) is 95.7 Å². The fraction of sp³-hybridized carbons (Fsp3) is 0.258. The third-order valence-electron chi connectivity index (χ3n) is 8.15. The summed E-state index contributed by atoms with van der Waals surface area (Å²) < 4.78 is 15.1. The van der Waals surface area contributed by atoms with Gasteiger partial charge in [0.1, 0.15) is 12.7 Å². The number of aromatic nitrogens is 4. The zero-order chi connectivity index (χ0) is 26.4. The van der Waals surface area contributed by atoms with Crippen LogP contribution in [0.3, 0.4) is 0 Å². The number of Topliss-reactive ketones (excluding diaryl/α,β-unsaturated/α-hetero) is 1. The molecule has 0 fully saturated rings. The van der Waals surface area contributed by atoms with Gasteiger partial charge in [-0.3, -0.25) is 14.8 Å². The molecule has 0 N–H and O–H groups in total. The van der Waals surface area contributed by atoms with Gasteiger partial charge in [-0.05, 0) is 66.3 Å². The zero-order valence-electron chi connectivity index (χ0n) is 21.2. The Kier molecular flexibility index (Phi) is 5.76. The Hall–Kier alpha value is -4.44. The lowest BCUT2D eigenvalue weighted by molar-refractivity contribution is -0.121. The second-order valence-electron chi connectivity index (χ2n) is 10.3. The number of nitriles is 1. The van der Waals surface area contributed by atoms with Gasteiger partial charge in [0.15, 0.2) is 5.78 Å². The molecule has 188 valence electrons. The number of allylic oxidation sites excluding steroid dienone is 2. The highest BCUT2D eigenvalue weighted by atomic mass is 19.1. The molecule has 3 aromatic heterocycles. The van der Waals surface area contributed by atoms with Crippen LogP contribution in [0.25, 0.3) is 28.1 Å². The van der Waals surface area contributed by atoms with Crippen LogP contribution in [0, 0.1) is 23.2 Å². The molecular weight excluding hydrogens is 477 g/mol. The van der Waals surface area contributed by atoms with Gasteiger partial charge in [0.25, 0.3) is 0 Å². The SMILES string of the molecule is C[C@H]1C(=O)C(C#N)=C[C@@]2(C)c3c(c(-c4cccnc4)nn3-c3ccc(-c4ccnc(CF)c4)cc3)CC[C@H]12. The average Bonchev–Trinajstić information content (AvgIpc) is 3.37. The third-order valence-corrected chi connectivity index (χ3v) is 8.15. The summed E-state index contributed by atoms with van der Waals surface area (Å²) in [5, 5.41) is 14.9. The van der Waals surface area contributed by atoms with Crippen molar-refractivity contribution in [1.29, 1.82) is 5.26 Å². The highest BCUT2D eigenvalue weighted by Gasteiger charge is 2.50. The molecule has 2 aliphatic carbocycles. The maximum Gasteiger partial charge on any atom is 0.176 e. The monoisotopic (exact) mass is 503 g/mol. The predicted molar refractivity (Wildman–Crippen MR) is 142 cm³/mol. The molecule has 0 spiro atoms. The van der Waals surface area contributed by atoms with Gasteiger partial charge in [-0.1, -0.05) is 32.1 Å². The maximum atomic E-state index is 13.2. The van der Waals surface area contributed by atoms with Gasteiger partial charge in [-0.15, -0.1) is 0 Å². The van der Waals surface area contributed by atoms with Crippen molar-refractivity contribution in [2.24, 2.45) is 11.8 Å².